The maximum Gasteiger partial charge on any atom is 0.166 e. The minimum atomic E-state index is -0.0321. The maximum atomic E-state index is 6.06. The highest BCUT2D eigenvalue weighted by molar-refractivity contribution is 6.30. The summed E-state index contributed by atoms with van der Waals surface area (Å²) in [6.07, 6.45) is 5.00. The molecule has 1 unspecified atom stereocenters. The van der Waals surface area contributed by atoms with E-state index < -0.39 is 0 Å². The summed E-state index contributed by atoms with van der Waals surface area (Å²) in [5.74, 6) is 0.653. The van der Waals surface area contributed by atoms with Gasteiger partial charge in [-0.15, -0.1) is 0 Å². The Morgan fingerprint density at radius 3 is 2.50 bits per heavy atom. The molecule has 6 heteroatoms. The van der Waals surface area contributed by atoms with Crippen LogP contribution in [-0.2, 0) is 4.74 Å². The van der Waals surface area contributed by atoms with Gasteiger partial charge in [-0.1, -0.05) is 41.9 Å². The summed E-state index contributed by atoms with van der Waals surface area (Å²) < 4.78 is 8.03. The van der Waals surface area contributed by atoms with Gasteiger partial charge in [0.05, 0.1) is 6.33 Å². The van der Waals surface area contributed by atoms with Crippen molar-refractivity contribution in [2.24, 2.45) is 0 Å². The molecule has 0 amide bonds. The fourth-order valence-corrected chi connectivity index (χ4v) is 3.72. The first-order chi connectivity index (χ1) is 13.8. The van der Waals surface area contributed by atoms with Crippen LogP contribution in [0.4, 0.5) is 0 Å². The van der Waals surface area contributed by atoms with Crippen molar-refractivity contribution in [3.8, 4) is 22.6 Å². The number of ether oxygens (including phenoxy) is 1. The average molecular weight is 391 g/mol. The third-order valence-electron chi connectivity index (χ3n) is 5.04. The third-order valence-corrected chi connectivity index (χ3v) is 5.29. The highest BCUT2D eigenvalue weighted by Crippen LogP contribution is 2.32. The number of imidazole rings is 1. The van der Waals surface area contributed by atoms with Gasteiger partial charge in [0.15, 0.2) is 11.5 Å². The largest absolute Gasteiger partial charge is 0.358 e. The zero-order valence-electron chi connectivity index (χ0n) is 15.3. The molecule has 0 bridgehead atoms. The van der Waals surface area contributed by atoms with E-state index in [1.807, 2.05) is 65.5 Å². The van der Waals surface area contributed by atoms with E-state index in [0.29, 0.717) is 10.8 Å². The van der Waals surface area contributed by atoms with Gasteiger partial charge in [0.1, 0.15) is 17.4 Å². The van der Waals surface area contributed by atoms with E-state index in [-0.39, 0.29) is 6.23 Å². The van der Waals surface area contributed by atoms with E-state index in [2.05, 4.69) is 4.98 Å². The molecule has 1 aliphatic rings. The topological polar surface area (TPSA) is 52.8 Å². The average Bonchev–Trinajstić information content (AvgIpc) is 3.19. The zero-order chi connectivity index (χ0) is 18.9. The van der Waals surface area contributed by atoms with Gasteiger partial charge >= 0.3 is 0 Å². The molecule has 28 heavy (non-hydrogen) atoms. The van der Waals surface area contributed by atoms with E-state index in [9.17, 15) is 0 Å². The molecule has 2 aromatic heterocycles. The van der Waals surface area contributed by atoms with E-state index in [4.69, 9.17) is 26.3 Å². The van der Waals surface area contributed by atoms with Crippen molar-refractivity contribution in [2.45, 2.75) is 25.5 Å². The molecule has 0 N–H and O–H groups in total. The Hall–Kier alpha value is -2.76. The van der Waals surface area contributed by atoms with Crippen LogP contribution in [0.2, 0.25) is 5.02 Å². The van der Waals surface area contributed by atoms with Gasteiger partial charge in [0, 0.05) is 22.8 Å². The number of hydrogen-bond acceptors (Lipinski definition) is 4. The van der Waals surface area contributed by atoms with Crippen molar-refractivity contribution in [3.05, 3.63) is 65.9 Å². The molecule has 140 valence electrons. The molecule has 1 saturated heterocycles. The van der Waals surface area contributed by atoms with Crippen molar-refractivity contribution in [1.29, 1.82) is 0 Å². The molecule has 0 aliphatic carbocycles. The number of rotatable bonds is 3. The maximum absolute atomic E-state index is 6.06. The summed E-state index contributed by atoms with van der Waals surface area (Å²) in [6, 6.07) is 17.7. The number of aromatic nitrogens is 4. The highest BCUT2D eigenvalue weighted by atomic mass is 35.5. The van der Waals surface area contributed by atoms with Crippen LogP contribution in [0.5, 0.6) is 0 Å². The number of hydrogen-bond donors (Lipinski definition) is 0. The lowest BCUT2D eigenvalue weighted by Gasteiger charge is -2.23. The molecule has 5 rings (SSSR count). The predicted octanol–water partition coefficient (Wildman–Crippen LogP) is 5.51. The van der Waals surface area contributed by atoms with Crippen LogP contribution in [0, 0.1) is 0 Å². The first-order valence-corrected chi connectivity index (χ1v) is 9.85. The fourth-order valence-electron chi connectivity index (χ4n) is 3.60. The van der Waals surface area contributed by atoms with Crippen molar-refractivity contribution in [3.63, 3.8) is 0 Å². The standard InChI is InChI=1S/C22H19ClN4O/c23-17-11-9-16(10-12-17)21-25-19(15-6-2-1-3-7-15)20-22(26-21)27(14-24-20)18-8-4-5-13-28-18/h1-3,6-7,9-12,14,18H,4-5,8,13H2. The van der Waals surface area contributed by atoms with Crippen LogP contribution in [0.15, 0.2) is 60.9 Å². The summed E-state index contributed by atoms with van der Waals surface area (Å²) in [5, 5.41) is 0.689. The number of halogens is 1. The second kappa shape index (κ2) is 7.34. The smallest absolute Gasteiger partial charge is 0.166 e. The van der Waals surface area contributed by atoms with E-state index in [1.54, 1.807) is 0 Å². The molecule has 0 radical (unpaired) electrons. The lowest BCUT2D eigenvalue weighted by Crippen LogP contribution is -2.17. The van der Waals surface area contributed by atoms with Crippen LogP contribution in [0.3, 0.4) is 0 Å². The zero-order valence-corrected chi connectivity index (χ0v) is 16.0. The van der Waals surface area contributed by atoms with Crippen LogP contribution >= 0.6 is 11.6 Å². The highest BCUT2D eigenvalue weighted by Gasteiger charge is 2.22. The van der Waals surface area contributed by atoms with Gasteiger partial charge in [0.25, 0.3) is 0 Å². The number of benzene rings is 2. The Balaban J connectivity index is 1.72. The molecular formula is C22H19ClN4O. The van der Waals surface area contributed by atoms with Crippen molar-refractivity contribution in [2.75, 3.05) is 6.61 Å². The lowest BCUT2D eigenvalue weighted by atomic mass is 10.1. The van der Waals surface area contributed by atoms with E-state index >= 15 is 0 Å². The first-order valence-electron chi connectivity index (χ1n) is 9.47. The summed E-state index contributed by atoms with van der Waals surface area (Å²) >= 11 is 6.06. The Kier molecular flexibility index (Phi) is 4.55. The first kappa shape index (κ1) is 17.3. The number of fused-ring (bicyclic) bond motifs is 1. The Labute approximate surface area is 168 Å². The Morgan fingerprint density at radius 2 is 1.75 bits per heavy atom. The molecule has 0 saturated carbocycles. The Morgan fingerprint density at radius 1 is 0.929 bits per heavy atom. The fraction of sp³-hybridized carbons (Fsp3) is 0.227. The van der Waals surface area contributed by atoms with Crippen LogP contribution < -0.4 is 0 Å². The van der Waals surface area contributed by atoms with Gasteiger partial charge in [-0.2, -0.15) is 0 Å². The summed E-state index contributed by atoms with van der Waals surface area (Å²) in [6.45, 7) is 0.769. The molecule has 4 aromatic rings. The quantitative estimate of drug-likeness (QED) is 0.462. The van der Waals surface area contributed by atoms with Crippen LogP contribution in [0.25, 0.3) is 33.8 Å². The van der Waals surface area contributed by atoms with Crippen LogP contribution in [0.1, 0.15) is 25.5 Å². The van der Waals surface area contributed by atoms with E-state index in [0.717, 1.165) is 53.9 Å². The number of nitrogens with zero attached hydrogens (tertiary/aromatic N) is 4. The second-order valence-corrected chi connectivity index (χ2v) is 7.35. The monoisotopic (exact) mass is 390 g/mol. The minimum Gasteiger partial charge on any atom is -0.358 e. The van der Waals surface area contributed by atoms with Gasteiger partial charge < -0.3 is 4.74 Å². The molecule has 2 aromatic carbocycles. The summed E-state index contributed by atoms with van der Waals surface area (Å²) in [7, 11) is 0. The van der Waals surface area contributed by atoms with Crippen molar-refractivity contribution < 1.29 is 4.74 Å². The Bertz CT molecular complexity index is 1100. The molecule has 1 fully saturated rings. The van der Waals surface area contributed by atoms with Crippen LogP contribution in [-0.4, -0.2) is 26.1 Å². The second-order valence-electron chi connectivity index (χ2n) is 6.91. The van der Waals surface area contributed by atoms with Gasteiger partial charge in [-0.25, -0.2) is 15.0 Å². The molecule has 1 atom stereocenters. The predicted molar refractivity (Wildman–Crippen MR) is 110 cm³/mol. The lowest BCUT2D eigenvalue weighted by molar-refractivity contribution is -0.0298. The van der Waals surface area contributed by atoms with Gasteiger partial charge in [-0.05, 0) is 43.5 Å². The molecular weight excluding hydrogens is 372 g/mol. The SMILES string of the molecule is Clc1ccc(-c2nc(-c3ccccc3)c3ncn(C4CCCCO4)c3n2)cc1. The normalized spacial score (nSPS) is 17.1. The van der Waals surface area contributed by atoms with E-state index in [1.165, 1.54) is 0 Å². The molecule has 5 nitrogen and oxygen atoms in total. The van der Waals surface area contributed by atoms with Crippen molar-refractivity contribution in [1.82, 2.24) is 19.5 Å². The molecule has 0 spiro atoms. The summed E-state index contributed by atoms with van der Waals surface area (Å²) in [4.78, 5) is 14.4. The third kappa shape index (κ3) is 3.17. The summed E-state index contributed by atoms with van der Waals surface area (Å²) in [5.41, 5.74) is 4.34. The molecule has 1 aliphatic heterocycles. The van der Waals surface area contributed by atoms with Crippen molar-refractivity contribution >= 4 is 22.8 Å². The molecule has 3 heterocycles. The minimum absolute atomic E-state index is 0.0321. The van der Waals surface area contributed by atoms with Gasteiger partial charge in [-0.3, -0.25) is 4.57 Å². The van der Waals surface area contributed by atoms with Gasteiger partial charge in [0.2, 0.25) is 0 Å².